The third-order valence-corrected chi connectivity index (χ3v) is 9.09. The van der Waals surface area contributed by atoms with Crippen molar-refractivity contribution in [3.8, 4) is 0 Å². The van der Waals surface area contributed by atoms with Crippen molar-refractivity contribution in [3.63, 3.8) is 0 Å². The van der Waals surface area contributed by atoms with Gasteiger partial charge < -0.3 is 9.47 Å². The fourth-order valence-corrected chi connectivity index (χ4v) is 6.12. The molecule has 4 nitrogen and oxygen atoms in total. The van der Waals surface area contributed by atoms with Crippen molar-refractivity contribution in [1.29, 1.82) is 0 Å². The van der Waals surface area contributed by atoms with E-state index >= 15 is 0 Å². The van der Waals surface area contributed by atoms with Crippen LogP contribution in [0.15, 0.2) is 66.8 Å². The Hall–Kier alpha value is -2.40. The van der Waals surface area contributed by atoms with Crippen LogP contribution in [0.5, 0.6) is 0 Å². The van der Waals surface area contributed by atoms with Crippen LogP contribution in [0.2, 0.25) is 19.1 Å². The summed E-state index contributed by atoms with van der Waals surface area (Å²) in [4.78, 5) is 26.4. The van der Waals surface area contributed by atoms with Gasteiger partial charge in [-0.1, -0.05) is 85.1 Å². The molecule has 2 rings (SSSR count). The Kier molecular flexibility index (Phi) is 9.50. The Labute approximate surface area is 188 Å². The van der Waals surface area contributed by atoms with Gasteiger partial charge in [0.2, 0.25) is 0 Å². The van der Waals surface area contributed by atoms with Crippen LogP contribution >= 0.6 is 0 Å². The zero-order valence-corrected chi connectivity index (χ0v) is 20.3. The maximum atomic E-state index is 13.2. The molecule has 1 atom stereocenters. The van der Waals surface area contributed by atoms with Gasteiger partial charge in [-0.05, 0) is 39.2 Å². The molecule has 31 heavy (non-hydrogen) atoms. The molecule has 0 radical (unpaired) electrons. The number of hydrogen-bond donors (Lipinski definition) is 0. The van der Waals surface area contributed by atoms with Gasteiger partial charge in [0.15, 0.2) is 5.41 Å². The molecule has 5 heteroatoms. The monoisotopic (exact) mass is 440 g/mol. The fraction of sp³-hybridized carbons (Fsp3) is 0.462. The number of hydrogen-bond acceptors (Lipinski definition) is 4. The van der Waals surface area contributed by atoms with Crippen LogP contribution in [0.1, 0.15) is 33.1 Å². The molecule has 0 N–H and O–H groups in total. The number of allylic oxidation sites excluding steroid dienone is 6. The third-order valence-electron chi connectivity index (χ3n) is 5.94. The first-order valence-electron chi connectivity index (χ1n) is 11.3. The van der Waals surface area contributed by atoms with E-state index in [-0.39, 0.29) is 25.6 Å². The number of benzene rings is 1. The summed E-state index contributed by atoms with van der Waals surface area (Å²) in [5, 5.41) is 1.39. The number of ether oxygens (including phenoxy) is 2. The Morgan fingerprint density at radius 2 is 1.68 bits per heavy atom. The predicted molar refractivity (Wildman–Crippen MR) is 129 cm³/mol. The zero-order valence-electron chi connectivity index (χ0n) is 19.3. The largest absolute Gasteiger partial charge is 0.465 e. The molecule has 0 aromatic heterocycles. The van der Waals surface area contributed by atoms with E-state index in [0.29, 0.717) is 6.42 Å². The maximum absolute atomic E-state index is 13.2. The van der Waals surface area contributed by atoms with Gasteiger partial charge in [-0.2, -0.15) is 0 Å². The van der Waals surface area contributed by atoms with E-state index in [0.717, 1.165) is 12.5 Å². The van der Waals surface area contributed by atoms with Gasteiger partial charge in [-0.25, -0.2) is 0 Å². The van der Waals surface area contributed by atoms with Gasteiger partial charge in [0.25, 0.3) is 0 Å². The lowest BCUT2D eigenvalue weighted by atomic mass is 9.70. The maximum Gasteiger partial charge on any atom is 0.324 e. The average molecular weight is 441 g/mol. The zero-order chi connectivity index (χ0) is 22.7. The Balaban J connectivity index is 2.31. The van der Waals surface area contributed by atoms with Crippen LogP contribution in [0.25, 0.3) is 0 Å². The summed E-state index contributed by atoms with van der Waals surface area (Å²) in [7, 11) is -1.65. The lowest BCUT2D eigenvalue weighted by Gasteiger charge is -2.34. The normalized spacial score (nSPS) is 16.8. The molecule has 0 saturated carbocycles. The van der Waals surface area contributed by atoms with Gasteiger partial charge in [0.05, 0.1) is 21.3 Å². The summed E-state index contributed by atoms with van der Waals surface area (Å²) < 4.78 is 10.8. The van der Waals surface area contributed by atoms with Gasteiger partial charge >= 0.3 is 11.9 Å². The second-order valence-corrected chi connectivity index (χ2v) is 13.3. The van der Waals surface area contributed by atoms with Crippen molar-refractivity contribution >= 4 is 25.2 Å². The molecule has 1 unspecified atom stereocenters. The molecular weight excluding hydrogens is 404 g/mol. The molecule has 0 bridgehead atoms. The van der Waals surface area contributed by atoms with E-state index in [9.17, 15) is 9.59 Å². The van der Waals surface area contributed by atoms with E-state index in [2.05, 4.69) is 49.5 Å². The summed E-state index contributed by atoms with van der Waals surface area (Å²) >= 11 is 0. The predicted octanol–water partition coefficient (Wildman–Crippen LogP) is 5.18. The molecule has 0 saturated heterocycles. The minimum absolute atomic E-state index is 0.229. The van der Waals surface area contributed by atoms with Crippen molar-refractivity contribution in [2.45, 2.75) is 52.2 Å². The minimum atomic E-state index is -1.65. The van der Waals surface area contributed by atoms with E-state index < -0.39 is 25.4 Å². The van der Waals surface area contributed by atoms with Crippen molar-refractivity contribution in [2.24, 2.45) is 11.3 Å². The second kappa shape index (κ2) is 11.8. The smallest absolute Gasteiger partial charge is 0.324 e. The first-order valence-corrected chi connectivity index (χ1v) is 14.5. The first kappa shape index (κ1) is 24.9. The highest BCUT2D eigenvalue weighted by atomic mass is 28.3. The third kappa shape index (κ3) is 6.29. The molecular formula is C26H36O4Si. The van der Waals surface area contributed by atoms with Gasteiger partial charge in [0.1, 0.15) is 0 Å². The lowest BCUT2D eigenvalue weighted by molar-refractivity contribution is -0.175. The quantitative estimate of drug-likeness (QED) is 0.218. The molecule has 0 spiro atoms. The van der Waals surface area contributed by atoms with Crippen LogP contribution < -0.4 is 5.19 Å². The molecule has 0 amide bonds. The highest BCUT2D eigenvalue weighted by molar-refractivity contribution is 6.90. The van der Waals surface area contributed by atoms with E-state index in [4.69, 9.17) is 9.47 Å². The van der Waals surface area contributed by atoms with Gasteiger partial charge in [-0.15, -0.1) is 0 Å². The lowest BCUT2D eigenvalue weighted by Crippen LogP contribution is -2.47. The Morgan fingerprint density at radius 1 is 1.03 bits per heavy atom. The number of rotatable bonds is 10. The minimum Gasteiger partial charge on any atom is -0.465 e. The van der Waals surface area contributed by atoms with E-state index in [1.54, 1.807) is 13.8 Å². The van der Waals surface area contributed by atoms with Crippen LogP contribution in [0, 0.1) is 11.3 Å². The summed E-state index contributed by atoms with van der Waals surface area (Å²) in [5.41, 5.74) is -1.36. The molecule has 1 aromatic carbocycles. The van der Waals surface area contributed by atoms with Gasteiger partial charge in [-0.3, -0.25) is 9.59 Å². The standard InChI is InChI=1S/C26H36O4Si/c1-5-29-24(27)26(25(28)30-6-2,22-16-10-7-8-11-17-22)20-14-15-21-31(3,4)23-18-12-9-13-19-23/h7-10,12-16,18-19,22H,5-6,11,17,20-21H2,1-4H3/b15-14+. The summed E-state index contributed by atoms with van der Waals surface area (Å²) in [5.74, 6) is -1.26. The SMILES string of the molecule is CCOC(=O)C(C/C=C/C[Si](C)(C)c1ccccc1)(C(=O)OCC)C1C=CC=CCC1. The van der Waals surface area contributed by atoms with E-state index in [1.165, 1.54) is 5.19 Å². The van der Waals surface area contributed by atoms with Crippen LogP contribution in [-0.2, 0) is 19.1 Å². The highest BCUT2D eigenvalue weighted by Gasteiger charge is 2.53. The molecule has 1 aromatic rings. The topological polar surface area (TPSA) is 52.6 Å². The van der Waals surface area contributed by atoms with Gasteiger partial charge in [0, 0.05) is 5.92 Å². The Morgan fingerprint density at radius 3 is 2.29 bits per heavy atom. The molecule has 0 aliphatic heterocycles. The summed E-state index contributed by atoms with van der Waals surface area (Å²) in [6.07, 6.45) is 13.8. The molecule has 1 aliphatic rings. The molecule has 0 fully saturated rings. The highest BCUT2D eigenvalue weighted by Crippen LogP contribution is 2.40. The second-order valence-electron chi connectivity index (χ2n) is 8.54. The van der Waals surface area contributed by atoms with Crippen LogP contribution in [0.3, 0.4) is 0 Å². The van der Waals surface area contributed by atoms with Crippen LogP contribution in [-0.4, -0.2) is 33.2 Å². The average Bonchev–Trinajstić information content (AvgIpc) is 3.04. The van der Waals surface area contributed by atoms with Crippen LogP contribution in [0.4, 0.5) is 0 Å². The summed E-state index contributed by atoms with van der Waals surface area (Å²) in [6, 6.07) is 11.5. The Bertz CT molecular complexity index is 790. The van der Waals surface area contributed by atoms with Crippen molar-refractivity contribution in [1.82, 2.24) is 0 Å². The van der Waals surface area contributed by atoms with E-state index in [1.807, 2.05) is 30.4 Å². The molecule has 1 aliphatic carbocycles. The molecule has 168 valence electrons. The van der Waals surface area contributed by atoms with Crippen molar-refractivity contribution in [3.05, 3.63) is 66.8 Å². The number of carbonyl (C=O) groups excluding carboxylic acids is 2. The summed E-state index contributed by atoms with van der Waals surface area (Å²) in [6.45, 7) is 8.65. The molecule has 0 heterocycles. The van der Waals surface area contributed by atoms with Crippen molar-refractivity contribution in [2.75, 3.05) is 13.2 Å². The van der Waals surface area contributed by atoms with Crippen molar-refractivity contribution < 1.29 is 19.1 Å². The fourth-order valence-electron chi connectivity index (χ4n) is 4.03. The first-order chi connectivity index (χ1) is 14.9. The number of carbonyl (C=O) groups is 2. The number of esters is 2.